The maximum atomic E-state index is 9.93. The molecule has 0 saturated carbocycles. The van der Waals surface area contributed by atoms with Crippen LogP contribution in [0.25, 0.3) is 0 Å². The van der Waals surface area contributed by atoms with Crippen LogP contribution < -0.4 is 5.32 Å². The lowest BCUT2D eigenvalue weighted by atomic mass is 9.89. The first-order chi connectivity index (χ1) is 11.2. The van der Waals surface area contributed by atoms with Crippen molar-refractivity contribution in [1.29, 1.82) is 0 Å². The standard InChI is InChI=1S/C17H27N3O3/c1-14-3-4-16(21)15(19-14)11-18-12-17(5-2-8-23-13-17)20-6-9-22-10-7-20/h3-4,18,21H,2,5-13H2,1H3. The fourth-order valence-corrected chi connectivity index (χ4v) is 3.52. The van der Waals surface area contributed by atoms with Crippen LogP contribution in [0.3, 0.4) is 0 Å². The van der Waals surface area contributed by atoms with Gasteiger partial charge in [-0.3, -0.25) is 9.88 Å². The lowest BCUT2D eigenvalue weighted by Gasteiger charge is -2.47. The third kappa shape index (κ3) is 4.01. The number of hydrogen-bond donors (Lipinski definition) is 2. The van der Waals surface area contributed by atoms with E-state index < -0.39 is 0 Å². The molecule has 3 rings (SSSR count). The quantitative estimate of drug-likeness (QED) is 0.845. The first-order valence-corrected chi connectivity index (χ1v) is 8.46. The highest BCUT2D eigenvalue weighted by Gasteiger charge is 2.39. The van der Waals surface area contributed by atoms with Gasteiger partial charge in [0.05, 0.1) is 31.1 Å². The second kappa shape index (κ2) is 7.57. The van der Waals surface area contributed by atoms with Crippen LogP contribution in [0, 0.1) is 6.92 Å². The van der Waals surface area contributed by atoms with E-state index in [0.717, 1.165) is 64.6 Å². The second-order valence-corrected chi connectivity index (χ2v) is 6.50. The third-order valence-corrected chi connectivity index (χ3v) is 4.82. The zero-order valence-electron chi connectivity index (χ0n) is 13.9. The molecule has 2 fully saturated rings. The number of pyridine rings is 1. The molecule has 0 spiro atoms. The summed E-state index contributed by atoms with van der Waals surface area (Å²) in [6.45, 7) is 8.45. The van der Waals surface area contributed by atoms with Gasteiger partial charge < -0.3 is 19.9 Å². The van der Waals surface area contributed by atoms with Crippen LogP contribution in [0.4, 0.5) is 0 Å². The van der Waals surface area contributed by atoms with Crippen LogP contribution >= 0.6 is 0 Å². The molecule has 2 aliphatic rings. The van der Waals surface area contributed by atoms with Crippen LogP contribution in [0.2, 0.25) is 0 Å². The Morgan fingerprint density at radius 3 is 2.83 bits per heavy atom. The maximum absolute atomic E-state index is 9.93. The molecular weight excluding hydrogens is 294 g/mol. The number of aryl methyl sites for hydroxylation is 1. The van der Waals surface area contributed by atoms with Gasteiger partial charge in [-0.2, -0.15) is 0 Å². The van der Waals surface area contributed by atoms with Gasteiger partial charge in [0.15, 0.2) is 0 Å². The number of nitrogens with one attached hydrogen (secondary N) is 1. The number of rotatable bonds is 5. The monoisotopic (exact) mass is 321 g/mol. The fourth-order valence-electron chi connectivity index (χ4n) is 3.52. The molecule has 6 heteroatoms. The van der Waals surface area contributed by atoms with Gasteiger partial charge in [0.1, 0.15) is 5.75 Å². The van der Waals surface area contributed by atoms with Crippen LogP contribution in [-0.4, -0.2) is 66.6 Å². The Morgan fingerprint density at radius 1 is 1.26 bits per heavy atom. The minimum atomic E-state index is 0.0292. The molecule has 1 aromatic rings. The smallest absolute Gasteiger partial charge is 0.138 e. The molecule has 0 aromatic carbocycles. The Balaban J connectivity index is 1.63. The van der Waals surface area contributed by atoms with Crippen LogP contribution in [0.5, 0.6) is 5.75 Å². The van der Waals surface area contributed by atoms with Gasteiger partial charge in [0.2, 0.25) is 0 Å². The number of ether oxygens (including phenoxy) is 2. The van der Waals surface area contributed by atoms with E-state index in [9.17, 15) is 5.11 Å². The lowest BCUT2D eigenvalue weighted by Crippen LogP contribution is -2.62. The van der Waals surface area contributed by atoms with Crippen LogP contribution in [0.1, 0.15) is 24.2 Å². The highest BCUT2D eigenvalue weighted by Crippen LogP contribution is 2.27. The molecule has 1 aromatic heterocycles. The van der Waals surface area contributed by atoms with E-state index in [1.165, 1.54) is 0 Å². The van der Waals surface area contributed by atoms with Gasteiger partial charge in [0, 0.05) is 38.5 Å². The Bertz CT molecular complexity index is 512. The summed E-state index contributed by atoms with van der Waals surface area (Å²) < 4.78 is 11.3. The van der Waals surface area contributed by atoms with Gasteiger partial charge in [0.25, 0.3) is 0 Å². The van der Waals surface area contributed by atoms with Crippen molar-refractivity contribution < 1.29 is 14.6 Å². The Hall–Kier alpha value is -1.21. The molecule has 0 radical (unpaired) electrons. The van der Waals surface area contributed by atoms with Crippen LogP contribution in [-0.2, 0) is 16.0 Å². The van der Waals surface area contributed by atoms with Gasteiger partial charge in [-0.15, -0.1) is 0 Å². The molecular formula is C17H27N3O3. The fraction of sp³-hybridized carbons (Fsp3) is 0.706. The van der Waals surface area contributed by atoms with Crippen molar-refractivity contribution in [3.05, 3.63) is 23.5 Å². The van der Waals surface area contributed by atoms with Gasteiger partial charge in [-0.05, 0) is 31.9 Å². The molecule has 0 aliphatic carbocycles. The summed E-state index contributed by atoms with van der Waals surface area (Å²) in [4.78, 5) is 6.92. The SMILES string of the molecule is Cc1ccc(O)c(CNCC2(N3CCOCC3)CCCOC2)n1. The highest BCUT2D eigenvalue weighted by atomic mass is 16.5. The van der Waals surface area contributed by atoms with Crippen molar-refractivity contribution >= 4 is 0 Å². The van der Waals surface area contributed by atoms with E-state index >= 15 is 0 Å². The average Bonchev–Trinajstić information content (AvgIpc) is 2.60. The van der Waals surface area contributed by atoms with E-state index in [4.69, 9.17) is 9.47 Å². The van der Waals surface area contributed by atoms with Crippen molar-refractivity contribution in [3.8, 4) is 5.75 Å². The molecule has 1 unspecified atom stereocenters. The molecule has 2 N–H and O–H groups in total. The van der Waals surface area contributed by atoms with Gasteiger partial charge >= 0.3 is 0 Å². The molecule has 0 bridgehead atoms. The van der Waals surface area contributed by atoms with Gasteiger partial charge in [-0.25, -0.2) is 0 Å². The predicted octanol–water partition coefficient (Wildman–Crippen LogP) is 1.07. The normalized spacial score (nSPS) is 26.3. The van der Waals surface area contributed by atoms with Crippen molar-refractivity contribution in [2.24, 2.45) is 0 Å². The van der Waals surface area contributed by atoms with E-state index in [-0.39, 0.29) is 11.3 Å². The van der Waals surface area contributed by atoms with Crippen LogP contribution in [0.15, 0.2) is 12.1 Å². The summed E-state index contributed by atoms with van der Waals surface area (Å²) in [5.41, 5.74) is 1.66. The van der Waals surface area contributed by atoms with Gasteiger partial charge in [-0.1, -0.05) is 0 Å². The minimum absolute atomic E-state index is 0.0292. The van der Waals surface area contributed by atoms with Crippen molar-refractivity contribution in [2.45, 2.75) is 31.8 Å². The molecule has 6 nitrogen and oxygen atoms in total. The first kappa shape index (κ1) is 16.6. The topological polar surface area (TPSA) is 66.9 Å². The molecule has 2 aliphatic heterocycles. The average molecular weight is 321 g/mol. The number of hydrogen-bond acceptors (Lipinski definition) is 6. The Labute approximate surface area is 137 Å². The number of nitrogens with zero attached hydrogens (tertiary/aromatic N) is 2. The first-order valence-electron chi connectivity index (χ1n) is 8.46. The molecule has 128 valence electrons. The minimum Gasteiger partial charge on any atom is -0.506 e. The summed E-state index contributed by atoms with van der Waals surface area (Å²) in [5, 5.41) is 13.4. The number of aromatic nitrogens is 1. The zero-order valence-corrected chi connectivity index (χ0v) is 13.9. The summed E-state index contributed by atoms with van der Waals surface area (Å²) in [6, 6.07) is 3.53. The molecule has 23 heavy (non-hydrogen) atoms. The van der Waals surface area contributed by atoms with Crippen molar-refractivity contribution in [1.82, 2.24) is 15.2 Å². The molecule has 0 amide bonds. The Morgan fingerprint density at radius 2 is 2.09 bits per heavy atom. The van der Waals surface area contributed by atoms with E-state index in [0.29, 0.717) is 12.2 Å². The van der Waals surface area contributed by atoms with E-state index in [1.54, 1.807) is 6.07 Å². The third-order valence-electron chi connectivity index (χ3n) is 4.82. The second-order valence-electron chi connectivity index (χ2n) is 6.50. The molecule has 1 atom stereocenters. The van der Waals surface area contributed by atoms with E-state index in [1.807, 2.05) is 13.0 Å². The lowest BCUT2D eigenvalue weighted by molar-refractivity contribution is -0.0851. The summed E-state index contributed by atoms with van der Waals surface area (Å²) in [6.07, 6.45) is 2.22. The van der Waals surface area contributed by atoms with Crippen molar-refractivity contribution in [2.75, 3.05) is 46.1 Å². The number of aromatic hydroxyl groups is 1. The summed E-state index contributed by atoms with van der Waals surface area (Å²) in [7, 11) is 0. The Kier molecular flexibility index (Phi) is 5.48. The van der Waals surface area contributed by atoms with Crippen molar-refractivity contribution in [3.63, 3.8) is 0 Å². The van der Waals surface area contributed by atoms with E-state index in [2.05, 4.69) is 15.2 Å². The molecule has 2 saturated heterocycles. The largest absolute Gasteiger partial charge is 0.506 e. The summed E-state index contributed by atoms with van der Waals surface area (Å²) >= 11 is 0. The highest BCUT2D eigenvalue weighted by molar-refractivity contribution is 5.27. The maximum Gasteiger partial charge on any atom is 0.138 e. The number of morpholine rings is 1. The predicted molar refractivity (Wildman–Crippen MR) is 87.5 cm³/mol. The molecule has 3 heterocycles. The zero-order chi connectivity index (χ0) is 16.1. The summed E-state index contributed by atoms with van der Waals surface area (Å²) in [5.74, 6) is 0.253.